The zero-order valence-electron chi connectivity index (χ0n) is 8.20. The molecule has 0 saturated heterocycles. The van der Waals surface area contributed by atoms with Gasteiger partial charge in [0.05, 0.1) is 17.4 Å². The van der Waals surface area contributed by atoms with Crippen molar-refractivity contribution >= 4 is 33.0 Å². The smallest absolute Gasteiger partial charge is 0.241 e. The van der Waals surface area contributed by atoms with Crippen LogP contribution in [0.25, 0.3) is 0 Å². The number of hydrogen-bond acceptors (Lipinski definition) is 4. The van der Waals surface area contributed by atoms with E-state index in [0.717, 1.165) is 4.88 Å². The maximum Gasteiger partial charge on any atom is 0.241 e. The molecule has 0 radical (unpaired) electrons. The van der Waals surface area contributed by atoms with Crippen molar-refractivity contribution in [2.24, 2.45) is 0 Å². The van der Waals surface area contributed by atoms with Gasteiger partial charge in [-0.1, -0.05) is 0 Å². The van der Waals surface area contributed by atoms with E-state index in [1.54, 1.807) is 11.4 Å². The number of hydrogen-bond donors (Lipinski definition) is 1. The Morgan fingerprint density at radius 3 is 2.87 bits per heavy atom. The molecular formula is C8H12ClNO3S2. The number of thiophene rings is 1. The van der Waals surface area contributed by atoms with E-state index in [1.165, 1.54) is 18.4 Å². The van der Waals surface area contributed by atoms with Crippen LogP contribution in [0, 0.1) is 0 Å². The molecule has 86 valence electrons. The minimum atomic E-state index is -3.40. The van der Waals surface area contributed by atoms with Crippen LogP contribution in [0.1, 0.15) is 4.88 Å². The van der Waals surface area contributed by atoms with Crippen molar-refractivity contribution in [1.82, 2.24) is 4.72 Å². The second-order valence-electron chi connectivity index (χ2n) is 2.77. The zero-order chi connectivity index (χ0) is 11.3. The van der Waals surface area contributed by atoms with Crippen molar-refractivity contribution < 1.29 is 13.2 Å². The van der Waals surface area contributed by atoms with Gasteiger partial charge in [0, 0.05) is 23.9 Å². The second kappa shape index (κ2) is 5.81. The summed E-state index contributed by atoms with van der Waals surface area (Å²) in [5, 5.41) is 1.58. The molecule has 0 aliphatic carbocycles. The van der Waals surface area contributed by atoms with E-state index in [4.69, 9.17) is 16.3 Å². The first kappa shape index (κ1) is 12.9. The molecule has 0 aliphatic heterocycles. The lowest BCUT2D eigenvalue weighted by atomic mass is 10.5. The third-order valence-electron chi connectivity index (χ3n) is 1.67. The SMILES string of the molecule is COCCNS(=O)(=O)c1csc(CCl)c1. The zero-order valence-corrected chi connectivity index (χ0v) is 10.6. The molecule has 1 rings (SSSR count). The third-order valence-corrected chi connectivity index (χ3v) is 4.64. The predicted molar refractivity (Wildman–Crippen MR) is 60.9 cm³/mol. The second-order valence-corrected chi connectivity index (χ2v) is 5.80. The molecule has 0 amide bonds. The summed E-state index contributed by atoms with van der Waals surface area (Å²) in [6.07, 6.45) is 0. The van der Waals surface area contributed by atoms with Crippen LogP contribution in [-0.2, 0) is 20.6 Å². The summed E-state index contributed by atoms with van der Waals surface area (Å²) in [6.45, 7) is 0.622. The lowest BCUT2D eigenvalue weighted by molar-refractivity contribution is 0.204. The lowest BCUT2D eigenvalue weighted by Crippen LogP contribution is -2.26. The number of methoxy groups -OCH3 is 1. The molecule has 7 heteroatoms. The quantitative estimate of drug-likeness (QED) is 0.628. The molecule has 0 aliphatic rings. The van der Waals surface area contributed by atoms with Gasteiger partial charge in [-0.15, -0.1) is 22.9 Å². The molecule has 15 heavy (non-hydrogen) atoms. The topological polar surface area (TPSA) is 55.4 Å². The maximum atomic E-state index is 11.6. The van der Waals surface area contributed by atoms with Gasteiger partial charge in [-0.3, -0.25) is 0 Å². The molecule has 1 N–H and O–H groups in total. The van der Waals surface area contributed by atoms with E-state index in [-0.39, 0.29) is 11.4 Å². The Morgan fingerprint density at radius 2 is 2.33 bits per heavy atom. The molecule has 0 saturated carbocycles. The van der Waals surface area contributed by atoms with Gasteiger partial charge in [-0.25, -0.2) is 13.1 Å². The normalized spacial score (nSPS) is 11.9. The molecular weight excluding hydrogens is 258 g/mol. The highest BCUT2D eigenvalue weighted by atomic mass is 35.5. The molecule has 0 fully saturated rings. The van der Waals surface area contributed by atoms with E-state index < -0.39 is 10.0 Å². The van der Waals surface area contributed by atoms with Gasteiger partial charge >= 0.3 is 0 Å². The standard InChI is InChI=1S/C8H12ClNO3S2/c1-13-3-2-10-15(11,12)8-4-7(5-9)14-6-8/h4,6,10H,2-3,5H2,1H3. The van der Waals surface area contributed by atoms with E-state index >= 15 is 0 Å². The van der Waals surface area contributed by atoms with Gasteiger partial charge in [-0.2, -0.15) is 0 Å². The molecule has 4 nitrogen and oxygen atoms in total. The van der Waals surface area contributed by atoms with Crippen LogP contribution in [-0.4, -0.2) is 28.7 Å². The lowest BCUT2D eigenvalue weighted by Gasteiger charge is -2.03. The number of sulfonamides is 1. The molecule has 0 aromatic carbocycles. The minimum Gasteiger partial charge on any atom is -0.383 e. The minimum absolute atomic E-state index is 0.263. The van der Waals surface area contributed by atoms with E-state index in [1.807, 2.05) is 0 Å². The van der Waals surface area contributed by atoms with Crippen LogP contribution >= 0.6 is 22.9 Å². The van der Waals surface area contributed by atoms with Gasteiger partial charge < -0.3 is 4.74 Å². The number of ether oxygens (including phenoxy) is 1. The number of nitrogens with one attached hydrogen (secondary N) is 1. The van der Waals surface area contributed by atoms with Crippen molar-refractivity contribution in [3.63, 3.8) is 0 Å². The molecule has 0 atom stereocenters. The first-order valence-corrected chi connectivity index (χ1v) is 7.12. The van der Waals surface area contributed by atoms with Crippen molar-refractivity contribution in [3.8, 4) is 0 Å². The molecule has 0 unspecified atom stereocenters. The van der Waals surface area contributed by atoms with Crippen LogP contribution < -0.4 is 4.72 Å². The van der Waals surface area contributed by atoms with E-state index in [9.17, 15) is 8.42 Å². The highest BCUT2D eigenvalue weighted by Crippen LogP contribution is 2.20. The van der Waals surface area contributed by atoms with Gasteiger partial charge in [-0.05, 0) is 6.07 Å². The Kier molecular flexibility index (Phi) is 5.01. The number of halogens is 1. The first-order valence-electron chi connectivity index (χ1n) is 4.22. The molecule has 1 aromatic heterocycles. The first-order chi connectivity index (χ1) is 7.10. The fourth-order valence-electron chi connectivity index (χ4n) is 0.933. The third kappa shape index (κ3) is 3.73. The Balaban J connectivity index is 2.68. The summed E-state index contributed by atoms with van der Waals surface area (Å²) >= 11 is 6.93. The van der Waals surface area contributed by atoms with Gasteiger partial charge in [0.15, 0.2) is 0 Å². The average Bonchev–Trinajstić information content (AvgIpc) is 2.66. The van der Waals surface area contributed by atoms with Crippen LogP contribution in [0.15, 0.2) is 16.3 Å². The van der Waals surface area contributed by atoms with Gasteiger partial charge in [0.25, 0.3) is 0 Å². The van der Waals surface area contributed by atoms with Crippen LogP contribution in [0.2, 0.25) is 0 Å². The molecule has 1 heterocycles. The number of rotatable bonds is 6. The van der Waals surface area contributed by atoms with Crippen LogP contribution in [0.4, 0.5) is 0 Å². The molecule has 0 bridgehead atoms. The van der Waals surface area contributed by atoms with E-state index in [2.05, 4.69) is 4.72 Å². The monoisotopic (exact) mass is 269 g/mol. The van der Waals surface area contributed by atoms with Crippen LogP contribution in [0.3, 0.4) is 0 Å². The Hall–Kier alpha value is -0.140. The van der Waals surface area contributed by atoms with Crippen molar-refractivity contribution in [1.29, 1.82) is 0 Å². The largest absolute Gasteiger partial charge is 0.383 e. The summed E-state index contributed by atoms with van der Waals surface area (Å²) in [7, 11) is -1.88. The van der Waals surface area contributed by atoms with Crippen LogP contribution in [0.5, 0.6) is 0 Å². The fraction of sp³-hybridized carbons (Fsp3) is 0.500. The van der Waals surface area contributed by atoms with Crippen molar-refractivity contribution in [2.75, 3.05) is 20.3 Å². The highest BCUT2D eigenvalue weighted by Gasteiger charge is 2.14. The summed E-state index contributed by atoms with van der Waals surface area (Å²) < 4.78 is 30.4. The summed E-state index contributed by atoms with van der Waals surface area (Å²) in [6, 6.07) is 1.58. The predicted octanol–water partition coefficient (Wildman–Crippen LogP) is 1.41. The number of alkyl halides is 1. The van der Waals surface area contributed by atoms with Crippen molar-refractivity contribution in [2.45, 2.75) is 10.8 Å². The van der Waals surface area contributed by atoms with Crippen molar-refractivity contribution in [3.05, 3.63) is 16.3 Å². The summed E-state index contributed by atoms with van der Waals surface area (Å²) in [5.41, 5.74) is 0. The van der Waals surface area contributed by atoms with E-state index in [0.29, 0.717) is 12.5 Å². The summed E-state index contributed by atoms with van der Waals surface area (Å²) in [5.74, 6) is 0.332. The molecule has 1 aromatic rings. The Labute approximate surface area is 98.3 Å². The van der Waals surface area contributed by atoms with Gasteiger partial charge in [0.2, 0.25) is 10.0 Å². The fourth-order valence-corrected chi connectivity index (χ4v) is 3.33. The van der Waals surface area contributed by atoms with Gasteiger partial charge in [0.1, 0.15) is 0 Å². The Morgan fingerprint density at radius 1 is 1.60 bits per heavy atom. The summed E-state index contributed by atoms with van der Waals surface area (Å²) in [4.78, 5) is 1.10. The average molecular weight is 270 g/mol. The molecule has 0 spiro atoms. The highest BCUT2D eigenvalue weighted by molar-refractivity contribution is 7.89. The maximum absolute atomic E-state index is 11.6. The Bertz CT molecular complexity index is 402.